The fraction of sp³-hybridized carbons (Fsp3) is 0.727. The first-order chi connectivity index (χ1) is 7.99. The van der Waals surface area contributed by atoms with Gasteiger partial charge in [0.05, 0.1) is 5.75 Å². The lowest BCUT2D eigenvalue weighted by molar-refractivity contribution is -0.137. The summed E-state index contributed by atoms with van der Waals surface area (Å²) in [5, 5.41) is 8.41. The third-order valence-electron chi connectivity index (χ3n) is 2.71. The Balaban J connectivity index is 2.17. The molecule has 0 unspecified atom stereocenters. The van der Waals surface area contributed by atoms with Crippen LogP contribution in [0.1, 0.15) is 38.5 Å². The summed E-state index contributed by atoms with van der Waals surface area (Å²) >= 11 is 0. The Kier molecular flexibility index (Phi) is 5.64. The molecule has 98 valence electrons. The van der Waals surface area contributed by atoms with Crippen LogP contribution >= 0.6 is 0 Å². The number of carboxylic acids is 1. The molecule has 1 rings (SSSR count). The van der Waals surface area contributed by atoms with Crippen LogP contribution in [0.25, 0.3) is 0 Å². The maximum atomic E-state index is 11.5. The monoisotopic (exact) mass is 261 g/mol. The van der Waals surface area contributed by atoms with E-state index >= 15 is 0 Å². The molecule has 2 N–H and O–H groups in total. The molecule has 0 saturated carbocycles. The molecule has 6 heteroatoms. The normalized spacial score (nSPS) is 15.9. The number of sulfonamides is 1. The van der Waals surface area contributed by atoms with Gasteiger partial charge in [-0.1, -0.05) is 11.6 Å². The second-order valence-electron chi connectivity index (χ2n) is 4.22. The van der Waals surface area contributed by atoms with E-state index in [4.69, 9.17) is 5.11 Å². The van der Waals surface area contributed by atoms with Gasteiger partial charge < -0.3 is 5.11 Å². The van der Waals surface area contributed by atoms with E-state index in [-0.39, 0.29) is 18.6 Å². The molecule has 1 aliphatic carbocycles. The molecule has 0 atom stereocenters. The molecular weight excluding hydrogens is 242 g/mol. The number of carbonyl (C=O) groups is 1. The molecule has 0 radical (unpaired) electrons. The minimum absolute atomic E-state index is 0.105. The van der Waals surface area contributed by atoms with Crippen molar-refractivity contribution in [1.82, 2.24) is 4.72 Å². The standard InChI is InChI=1S/C11H19NO4S/c13-11(14)6-3-9-17(15,16)12-8-7-10-4-1-2-5-10/h4,12H,1-3,5-9H2,(H,13,14). The number of hydrogen-bond acceptors (Lipinski definition) is 3. The molecule has 0 amide bonds. The molecule has 0 aromatic rings. The maximum absolute atomic E-state index is 11.5. The molecule has 0 heterocycles. The average molecular weight is 261 g/mol. The van der Waals surface area contributed by atoms with Crippen molar-refractivity contribution in [1.29, 1.82) is 0 Å². The lowest BCUT2D eigenvalue weighted by atomic mass is 10.2. The number of rotatable bonds is 8. The SMILES string of the molecule is O=C(O)CCCS(=O)(=O)NCCC1=CCCC1. The zero-order valence-corrected chi connectivity index (χ0v) is 10.6. The van der Waals surface area contributed by atoms with Crippen molar-refractivity contribution in [2.45, 2.75) is 38.5 Å². The fourth-order valence-electron chi connectivity index (χ4n) is 1.82. The highest BCUT2D eigenvalue weighted by atomic mass is 32.2. The molecule has 0 bridgehead atoms. The van der Waals surface area contributed by atoms with E-state index in [1.165, 1.54) is 12.0 Å². The summed E-state index contributed by atoms with van der Waals surface area (Å²) in [7, 11) is -3.31. The van der Waals surface area contributed by atoms with E-state index in [0.717, 1.165) is 19.3 Å². The molecule has 1 aliphatic rings. The van der Waals surface area contributed by atoms with Crippen LogP contribution in [-0.4, -0.2) is 31.8 Å². The van der Waals surface area contributed by atoms with Gasteiger partial charge in [-0.2, -0.15) is 0 Å². The van der Waals surface area contributed by atoms with Crippen molar-refractivity contribution in [3.8, 4) is 0 Å². The minimum atomic E-state index is -3.31. The zero-order valence-electron chi connectivity index (χ0n) is 9.81. The number of hydrogen-bond donors (Lipinski definition) is 2. The Morgan fingerprint density at radius 3 is 2.82 bits per heavy atom. The predicted molar refractivity (Wildman–Crippen MR) is 65.2 cm³/mol. The van der Waals surface area contributed by atoms with E-state index in [2.05, 4.69) is 10.8 Å². The second kappa shape index (κ2) is 6.76. The van der Waals surface area contributed by atoms with Crippen molar-refractivity contribution >= 4 is 16.0 Å². The van der Waals surface area contributed by atoms with Crippen molar-refractivity contribution in [3.63, 3.8) is 0 Å². The molecule has 5 nitrogen and oxygen atoms in total. The van der Waals surface area contributed by atoms with Crippen molar-refractivity contribution < 1.29 is 18.3 Å². The van der Waals surface area contributed by atoms with Gasteiger partial charge >= 0.3 is 5.97 Å². The highest BCUT2D eigenvalue weighted by Gasteiger charge is 2.11. The fourth-order valence-corrected chi connectivity index (χ4v) is 2.90. The van der Waals surface area contributed by atoms with Crippen LogP contribution in [0.3, 0.4) is 0 Å². The molecule has 0 aromatic heterocycles. The molecule has 0 aromatic carbocycles. The Hall–Kier alpha value is -0.880. The van der Waals surface area contributed by atoms with Crippen LogP contribution in [0.4, 0.5) is 0 Å². The molecule has 0 fully saturated rings. The van der Waals surface area contributed by atoms with Gasteiger partial charge in [0.25, 0.3) is 0 Å². The van der Waals surface area contributed by atoms with Crippen LogP contribution in [0.15, 0.2) is 11.6 Å². The first-order valence-electron chi connectivity index (χ1n) is 5.87. The van der Waals surface area contributed by atoms with Gasteiger partial charge in [0.2, 0.25) is 10.0 Å². The molecule has 17 heavy (non-hydrogen) atoms. The molecule has 0 saturated heterocycles. The first-order valence-corrected chi connectivity index (χ1v) is 7.52. The summed E-state index contributed by atoms with van der Waals surface area (Å²) in [6, 6.07) is 0. The molecule has 0 aliphatic heterocycles. The number of carboxylic acid groups (broad SMARTS) is 1. The van der Waals surface area contributed by atoms with E-state index in [0.29, 0.717) is 6.54 Å². The van der Waals surface area contributed by atoms with Crippen LogP contribution in [0.5, 0.6) is 0 Å². The third-order valence-corrected chi connectivity index (χ3v) is 4.18. The zero-order chi connectivity index (χ0) is 12.7. The Bertz CT molecular complexity index is 386. The third kappa shape index (κ3) is 6.43. The van der Waals surface area contributed by atoms with E-state index < -0.39 is 16.0 Å². The topological polar surface area (TPSA) is 83.5 Å². The maximum Gasteiger partial charge on any atom is 0.303 e. The van der Waals surface area contributed by atoms with Crippen molar-refractivity contribution in [2.75, 3.05) is 12.3 Å². The van der Waals surface area contributed by atoms with Gasteiger partial charge in [-0.05, 0) is 32.1 Å². The summed E-state index contributed by atoms with van der Waals surface area (Å²) < 4.78 is 25.4. The number of allylic oxidation sites excluding steroid dienone is 1. The number of aliphatic carboxylic acids is 1. The summed E-state index contributed by atoms with van der Waals surface area (Å²) in [5.41, 5.74) is 1.32. The summed E-state index contributed by atoms with van der Waals surface area (Å²) in [5.74, 6) is -1.07. The van der Waals surface area contributed by atoms with Crippen LogP contribution in [-0.2, 0) is 14.8 Å². The predicted octanol–water partition coefficient (Wildman–Crippen LogP) is 1.27. The molecule has 0 spiro atoms. The highest BCUT2D eigenvalue weighted by molar-refractivity contribution is 7.89. The van der Waals surface area contributed by atoms with Crippen LogP contribution in [0.2, 0.25) is 0 Å². The number of nitrogens with one attached hydrogen (secondary N) is 1. The summed E-state index contributed by atoms with van der Waals surface area (Å²) in [4.78, 5) is 10.3. The van der Waals surface area contributed by atoms with E-state index in [1.54, 1.807) is 0 Å². The van der Waals surface area contributed by atoms with E-state index in [1.807, 2.05) is 0 Å². The van der Waals surface area contributed by atoms with Gasteiger partial charge in [0.1, 0.15) is 0 Å². The van der Waals surface area contributed by atoms with Crippen LogP contribution in [0, 0.1) is 0 Å². The quantitative estimate of drug-likeness (QED) is 0.644. The lowest BCUT2D eigenvalue weighted by Gasteiger charge is -2.06. The summed E-state index contributed by atoms with van der Waals surface area (Å²) in [6.45, 7) is 0.418. The lowest BCUT2D eigenvalue weighted by Crippen LogP contribution is -2.27. The average Bonchev–Trinajstić information content (AvgIpc) is 2.69. The minimum Gasteiger partial charge on any atom is -0.481 e. The van der Waals surface area contributed by atoms with Gasteiger partial charge in [0.15, 0.2) is 0 Å². The summed E-state index contributed by atoms with van der Waals surface area (Å²) in [6.07, 6.45) is 6.32. The van der Waals surface area contributed by atoms with E-state index in [9.17, 15) is 13.2 Å². The Morgan fingerprint density at radius 1 is 1.47 bits per heavy atom. The van der Waals surface area contributed by atoms with Crippen LogP contribution < -0.4 is 4.72 Å². The largest absolute Gasteiger partial charge is 0.481 e. The molecular formula is C11H19NO4S. The van der Waals surface area contributed by atoms with Crippen molar-refractivity contribution in [3.05, 3.63) is 11.6 Å². The smallest absolute Gasteiger partial charge is 0.303 e. The van der Waals surface area contributed by atoms with Gasteiger partial charge in [-0.15, -0.1) is 0 Å². The Morgan fingerprint density at radius 2 is 2.24 bits per heavy atom. The first kappa shape index (κ1) is 14.2. The highest BCUT2D eigenvalue weighted by Crippen LogP contribution is 2.19. The Labute approximate surface area is 102 Å². The second-order valence-corrected chi connectivity index (χ2v) is 6.14. The van der Waals surface area contributed by atoms with Gasteiger partial charge in [0, 0.05) is 13.0 Å². The van der Waals surface area contributed by atoms with Gasteiger partial charge in [-0.3, -0.25) is 4.79 Å². The van der Waals surface area contributed by atoms with Crippen molar-refractivity contribution in [2.24, 2.45) is 0 Å². The van der Waals surface area contributed by atoms with Gasteiger partial charge in [-0.25, -0.2) is 13.1 Å².